The van der Waals surface area contributed by atoms with Crippen molar-refractivity contribution in [2.45, 2.75) is 6.54 Å². The second kappa shape index (κ2) is 9.32. The molecule has 1 heterocycles. The first-order valence-corrected chi connectivity index (χ1v) is 9.97. The van der Waals surface area contributed by atoms with Crippen LogP contribution >= 0.6 is 0 Å². The number of terminal acetylenes is 1. The maximum absolute atomic E-state index is 14.7. The molecule has 2 amide bonds. The van der Waals surface area contributed by atoms with Gasteiger partial charge in [0, 0.05) is 36.3 Å². The lowest BCUT2D eigenvalue weighted by Crippen LogP contribution is -2.31. The van der Waals surface area contributed by atoms with Crippen LogP contribution in [-0.2, 0) is 6.54 Å². The lowest BCUT2D eigenvalue weighted by Gasteiger charge is -2.19. The van der Waals surface area contributed by atoms with Gasteiger partial charge in [-0.3, -0.25) is 0 Å². The molecule has 1 aromatic heterocycles. The van der Waals surface area contributed by atoms with Crippen molar-refractivity contribution < 1.29 is 13.6 Å². The highest BCUT2D eigenvalue weighted by Crippen LogP contribution is 2.28. The first-order valence-electron chi connectivity index (χ1n) is 9.97. The number of halogens is 2. The predicted octanol–water partition coefficient (Wildman–Crippen LogP) is 5.30. The van der Waals surface area contributed by atoms with Gasteiger partial charge in [0.2, 0.25) is 0 Å². The number of nitrogens with zero attached hydrogens (tertiary/aromatic N) is 3. The summed E-state index contributed by atoms with van der Waals surface area (Å²) in [4.78, 5) is 22.3. The monoisotopic (exact) mass is 443 g/mol. The number of nitrogens with one attached hydrogen (secondary N) is 2. The smallest absolute Gasteiger partial charge is 0.321 e. The van der Waals surface area contributed by atoms with E-state index in [0.717, 1.165) is 0 Å². The summed E-state index contributed by atoms with van der Waals surface area (Å²) in [5.41, 5.74) is 2.34. The van der Waals surface area contributed by atoms with E-state index in [2.05, 4.69) is 26.5 Å². The minimum Gasteiger partial charge on any atom is -0.340 e. The zero-order valence-corrected chi connectivity index (χ0v) is 17.6. The van der Waals surface area contributed by atoms with Crippen LogP contribution in [0.15, 0.2) is 67.0 Å². The number of carbonyl (C=O) groups excluding carboxylic acids is 1. The largest absolute Gasteiger partial charge is 0.340 e. The van der Waals surface area contributed by atoms with Crippen molar-refractivity contribution in [3.63, 3.8) is 0 Å². The number of rotatable bonds is 5. The molecule has 164 valence electrons. The summed E-state index contributed by atoms with van der Waals surface area (Å²) in [5.74, 6) is 1.95. The highest BCUT2D eigenvalue weighted by molar-refractivity contribution is 5.97. The number of hydrogen-bond donors (Lipinski definition) is 2. The molecule has 0 unspecified atom stereocenters. The predicted molar refractivity (Wildman–Crippen MR) is 124 cm³/mol. The standard InChI is InChI=1S/C25H19F2N5O/c1-3-16-6-5-9-19(11-16)30-24-20-12-23(21(27)13-22(20)28-15-29-24)31-25(33)32(2)14-17-7-4-8-18(26)10-17/h1,4-13,15H,14H2,2H3,(H,31,33)(H,28,29,30). The van der Waals surface area contributed by atoms with Crippen LogP contribution in [0.25, 0.3) is 10.9 Å². The molecule has 0 atom stereocenters. The van der Waals surface area contributed by atoms with E-state index in [-0.39, 0.29) is 12.2 Å². The average Bonchev–Trinajstić information content (AvgIpc) is 2.80. The van der Waals surface area contributed by atoms with Gasteiger partial charge < -0.3 is 15.5 Å². The molecule has 0 aliphatic carbocycles. The van der Waals surface area contributed by atoms with Gasteiger partial charge in [0.25, 0.3) is 0 Å². The van der Waals surface area contributed by atoms with Crippen LogP contribution in [0.4, 0.5) is 30.8 Å². The van der Waals surface area contributed by atoms with E-state index in [1.54, 1.807) is 30.3 Å². The lowest BCUT2D eigenvalue weighted by atomic mass is 10.1. The van der Waals surface area contributed by atoms with Crippen LogP contribution in [0, 0.1) is 24.0 Å². The Morgan fingerprint density at radius 1 is 1.09 bits per heavy atom. The Balaban J connectivity index is 1.59. The number of carbonyl (C=O) groups is 1. The number of anilines is 3. The van der Waals surface area contributed by atoms with Crippen LogP contribution in [0.2, 0.25) is 0 Å². The maximum Gasteiger partial charge on any atom is 0.321 e. The lowest BCUT2D eigenvalue weighted by molar-refractivity contribution is 0.220. The summed E-state index contributed by atoms with van der Waals surface area (Å²) in [6, 6.07) is 15.3. The third kappa shape index (κ3) is 5.05. The Kier molecular flexibility index (Phi) is 6.13. The molecular weight excluding hydrogens is 424 g/mol. The molecule has 0 spiro atoms. The van der Waals surface area contributed by atoms with Gasteiger partial charge in [0.15, 0.2) is 0 Å². The fourth-order valence-electron chi connectivity index (χ4n) is 3.29. The first kappa shape index (κ1) is 21.7. The molecule has 0 aliphatic heterocycles. The van der Waals surface area contributed by atoms with Crippen molar-refractivity contribution in [2.75, 3.05) is 17.7 Å². The van der Waals surface area contributed by atoms with E-state index in [0.29, 0.717) is 33.5 Å². The van der Waals surface area contributed by atoms with E-state index < -0.39 is 17.7 Å². The van der Waals surface area contributed by atoms with Gasteiger partial charge in [-0.05, 0) is 42.0 Å². The molecule has 0 saturated carbocycles. The number of aromatic nitrogens is 2. The fraction of sp³-hybridized carbons (Fsp3) is 0.0800. The first-order chi connectivity index (χ1) is 15.9. The van der Waals surface area contributed by atoms with Gasteiger partial charge in [0.05, 0.1) is 11.2 Å². The molecule has 2 N–H and O–H groups in total. The van der Waals surface area contributed by atoms with Crippen molar-refractivity contribution in [3.05, 3.63) is 89.8 Å². The maximum atomic E-state index is 14.7. The van der Waals surface area contributed by atoms with E-state index in [1.165, 1.54) is 42.5 Å². The van der Waals surface area contributed by atoms with E-state index in [1.807, 2.05) is 6.07 Å². The molecule has 4 rings (SSSR count). The Hall–Kier alpha value is -4.51. The van der Waals surface area contributed by atoms with Gasteiger partial charge >= 0.3 is 6.03 Å². The second-order valence-electron chi connectivity index (χ2n) is 7.34. The summed E-state index contributed by atoms with van der Waals surface area (Å²) in [6.45, 7) is 0.153. The van der Waals surface area contributed by atoms with Crippen LogP contribution in [-0.4, -0.2) is 27.9 Å². The summed E-state index contributed by atoms with van der Waals surface area (Å²) in [7, 11) is 1.54. The Morgan fingerprint density at radius 2 is 1.91 bits per heavy atom. The molecule has 0 saturated heterocycles. The molecular formula is C25H19F2N5O. The zero-order chi connectivity index (χ0) is 23.4. The minimum atomic E-state index is -0.644. The molecule has 6 nitrogen and oxygen atoms in total. The van der Waals surface area contributed by atoms with E-state index in [4.69, 9.17) is 6.42 Å². The second-order valence-corrected chi connectivity index (χ2v) is 7.34. The van der Waals surface area contributed by atoms with Crippen LogP contribution in [0.3, 0.4) is 0 Å². The molecule has 0 aliphatic rings. The highest BCUT2D eigenvalue weighted by atomic mass is 19.1. The molecule has 4 aromatic rings. The van der Waals surface area contributed by atoms with Gasteiger partial charge in [0.1, 0.15) is 23.8 Å². The number of benzene rings is 3. The van der Waals surface area contributed by atoms with Gasteiger partial charge in [-0.15, -0.1) is 6.42 Å². The molecule has 33 heavy (non-hydrogen) atoms. The molecule has 0 bridgehead atoms. The Labute approximate surface area is 189 Å². The summed E-state index contributed by atoms with van der Waals surface area (Å²) >= 11 is 0. The third-order valence-corrected chi connectivity index (χ3v) is 4.91. The molecule has 0 fully saturated rings. The third-order valence-electron chi connectivity index (χ3n) is 4.91. The molecule has 0 radical (unpaired) electrons. The van der Waals surface area contributed by atoms with Gasteiger partial charge in [-0.1, -0.05) is 24.1 Å². The Bertz CT molecular complexity index is 1380. The van der Waals surface area contributed by atoms with Crippen molar-refractivity contribution >= 4 is 34.1 Å². The number of urea groups is 1. The van der Waals surface area contributed by atoms with Crippen molar-refractivity contribution in [1.82, 2.24) is 14.9 Å². The van der Waals surface area contributed by atoms with E-state index >= 15 is 0 Å². The molecule has 3 aromatic carbocycles. The summed E-state index contributed by atoms with van der Waals surface area (Å²) < 4.78 is 28.1. The van der Waals surface area contributed by atoms with Gasteiger partial charge in [-0.25, -0.2) is 23.5 Å². The van der Waals surface area contributed by atoms with Crippen LogP contribution < -0.4 is 10.6 Å². The van der Waals surface area contributed by atoms with Crippen molar-refractivity contribution in [3.8, 4) is 12.3 Å². The zero-order valence-electron chi connectivity index (χ0n) is 17.6. The summed E-state index contributed by atoms with van der Waals surface area (Å²) in [5, 5.41) is 6.22. The quantitative estimate of drug-likeness (QED) is 0.411. The summed E-state index contributed by atoms with van der Waals surface area (Å²) in [6.07, 6.45) is 6.78. The molecule has 8 heteroatoms. The average molecular weight is 443 g/mol. The highest BCUT2D eigenvalue weighted by Gasteiger charge is 2.15. The van der Waals surface area contributed by atoms with Crippen molar-refractivity contribution in [2.24, 2.45) is 0 Å². The Morgan fingerprint density at radius 3 is 2.70 bits per heavy atom. The van der Waals surface area contributed by atoms with Crippen molar-refractivity contribution in [1.29, 1.82) is 0 Å². The number of amides is 2. The van der Waals surface area contributed by atoms with E-state index in [9.17, 15) is 13.6 Å². The fourth-order valence-corrected chi connectivity index (χ4v) is 3.29. The number of fused-ring (bicyclic) bond motifs is 1. The normalized spacial score (nSPS) is 10.5. The topological polar surface area (TPSA) is 70.1 Å². The minimum absolute atomic E-state index is 0.0335. The van der Waals surface area contributed by atoms with Crippen LogP contribution in [0.1, 0.15) is 11.1 Å². The van der Waals surface area contributed by atoms with Crippen LogP contribution in [0.5, 0.6) is 0 Å². The van der Waals surface area contributed by atoms with Gasteiger partial charge in [-0.2, -0.15) is 0 Å². The SMILES string of the molecule is C#Cc1cccc(Nc2ncnc3cc(F)c(NC(=O)N(C)Cc4cccc(F)c4)cc23)c1. The number of hydrogen-bond acceptors (Lipinski definition) is 4.